The normalized spacial score (nSPS) is 42.8. The molecule has 6 fully saturated rings. The Morgan fingerprint density at radius 3 is 1.00 bits per heavy atom. The molecule has 27 atom stereocenters. The zero-order chi connectivity index (χ0) is 97.8. The van der Waals surface area contributed by atoms with Crippen LogP contribution in [0.3, 0.4) is 0 Å². The van der Waals surface area contributed by atoms with E-state index < -0.39 is 345 Å². The molecule has 6 aliphatic carbocycles. The molecule has 27 unspecified atom stereocenters. The van der Waals surface area contributed by atoms with Crippen LogP contribution in [0.4, 0.5) is 132 Å². The van der Waals surface area contributed by atoms with Gasteiger partial charge in [-0.1, -0.05) is 72.8 Å². The van der Waals surface area contributed by atoms with Gasteiger partial charge in [0, 0.05) is 116 Å². The summed E-state index contributed by atoms with van der Waals surface area (Å²) in [5, 5.41) is -0.302. The highest BCUT2D eigenvalue weighted by molar-refractivity contribution is 6.29. The van der Waals surface area contributed by atoms with E-state index in [-0.39, 0.29) is 36.0 Å². The molecule has 0 spiro atoms. The topological polar surface area (TPSA) is 148 Å². The molecule has 42 heteroatoms. The first-order valence-corrected chi connectivity index (χ1v) is 44.0. The van der Waals surface area contributed by atoms with Crippen molar-refractivity contribution in [2.24, 2.45) is 50.5 Å². The minimum absolute atomic E-state index is 0.103. The lowest BCUT2D eigenvalue weighted by molar-refractivity contribution is -0.0731. The second-order valence-electron chi connectivity index (χ2n) is 36.0. The predicted octanol–water partition coefficient (Wildman–Crippen LogP) is 17.4. The summed E-state index contributed by atoms with van der Waals surface area (Å²) in [7, 11) is 0. The minimum Gasteiger partial charge on any atom is -0.358 e. The summed E-state index contributed by atoms with van der Waals surface area (Å²) in [6, 6.07) is 19.9. The number of benzene rings is 2. The number of rotatable bonds is 12. The number of aromatic amines is 4. The molecule has 6 saturated carbocycles. The Morgan fingerprint density at radius 1 is 0.268 bits per heavy atom. The number of fused-ring (bicyclic) bond motifs is 13. The number of allylic oxidation sites excluding steroid dienone is 8. The average Bonchev–Trinajstić information content (AvgIpc) is 1.58. The highest BCUT2D eigenvalue weighted by Gasteiger charge is 2.63. The maximum Gasteiger partial charge on any atom is 0.168 e. The Hall–Kier alpha value is -11.5. The Balaban J connectivity index is 0.922. The van der Waals surface area contributed by atoms with Crippen molar-refractivity contribution in [1.29, 1.82) is 0 Å². The minimum atomic E-state index is -3.61. The van der Waals surface area contributed by atoms with Crippen molar-refractivity contribution >= 4 is 56.1 Å². The largest absolute Gasteiger partial charge is 0.358 e. The van der Waals surface area contributed by atoms with E-state index in [1.54, 1.807) is 60.7 Å². The molecule has 19 rings (SSSR count). The predicted molar refractivity (Wildman–Crippen MR) is 450 cm³/mol. The van der Waals surface area contributed by atoms with Crippen LogP contribution in [0, 0.1) is 35.5 Å². The SMILES string of the molecule is FC1C(F)C(F)C(/C2=C3\C=CC(=N3)/C(C3C(F)C(F)C(F)C(F)C3F)=c3/cc/c([nH]3)=C(\C3C(F)C(F)C(F)C(F)C3F)C3=N/C(=C(/c4nccn4Cc4ccccc4)c4ccc([nH]4)/C(C4C(F)C(F)C(F)C(F)C4F)=C4\C=CC(=N4)/C(C4C(F)C(F)C(F)C(F)C4F)=c4/cc/c([nH]4)=C(\C4C(F)C(F)C(F)C(F)C4F)C4C=CC(N4)C(c4nccn4Cc4ccccc4)c4ccc2[nH]4)C=C3)C(F)C1F. The van der Waals surface area contributed by atoms with Crippen molar-refractivity contribution < 1.29 is 132 Å². The monoisotopic (exact) mass is 1970 g/mol. The van der Waals surface area contributed by atoms with Crippen molar-refractivity contribution in [1.82, 2.24) is 44.4 Å². The summed E-state index contributed by atoms with van der Waals surface area (Å²) in [5.41, 5.74) is -12.7. The van der Waals surface area contributed by atoms with Gasteiger partial charge in [0.05, 0.1) is 86.9 Å². The quantitative estimate of drug-likeness (QED) is 0.0613. The third kappa shape index (κ3) is 16.0. The van der Waals surface area contributed by atoms with Gasteiger partial charge in [0.25, 0.3) is 0 Å². The van der Waals surface area contributed by atoms with Crippen LogP contribution in [0.25, 0.3) is 39.0 Å². The molecule has 2 aromatic carbocycles. The van der Waals surface area contributed by atoms with Crippen LogP contribution < -0.4 is 26.7 Å². The van der Waals surface area contributed by atoms with Gasteiger partial charge in [0.1, 0.15) is 85.7 Å². The van der Waals surface area contributed by atoms with Gasteiger partial charge in [-0.3, -0.25) is 5.32 Å². The number of aliphatic imine (C=N–C) groups is 3. The lowest BCUT2D eigenvalue weighted by Gasteiger charge is -2.39. The first-order valence-electron chi connectivity index (χ1n) is 44.0. The molecular formula is C96H78F30N12. The smallest absolute Gasteiger partial charge is 0.168 e. The molecule has 138 heavy (non-hydrogen) atoms. The van der Waals surface area contributed by atoms with Crippen LogP contribution in [0.15, 0.2) is 215 Å². The number of aromatic nitrogens is 8. The molecular weight excluding hydrogens is 1890 g/mol. The molecule has 12 nitrogen and oxygen atoms in total. The lowest BCUT2D eigenvalue weighted by Crippen LogP contribution is -2.56. The fourth-order valence-corrected chi connectivity index (χ4v) is 21.2. The average molecular weight is 1970 g/mol. The maximum absolute atomic E-state index is 17.4. The van der Waals surface area contributed by atoms with E-state index in [0.717, 1.165) is 91.1 Å². The lowest BCUT2D eigenvalue weighted by atomic mass is 9.75. The van der Waals surface area contributed by atoms with Gasteiger partial charge in [0.15, 0.2) is 111 Å². The van der Waals surface area contributed by atoms with Gasteiger partial charge in [-0.05, 0) is 102 Å². The molecule has 6 aromatic heterocycles. The van der Waals surface area contributed by atoms with Crippen molar-refractivity contribution in [3.63, 3.8) is 0 Å². The van der Waals surface area contributed by atoms with Crippen molar-refractivity contribution in [2.75, 3.05) is 0 Å². The molecule has 8 aromatic rings. The second kappa shape index (κ2) is 37.3. The standard InChI is InChI=1S/C96H78F30N12/c97-65-59(66(98)78(110)89(121)77(65)109)51-35-11-15-39(129-35)53(61-69(101)81(113)91(123)82(114)70(61)102)43-19-23-47(133-43)57(95-127-27-29-137(95)31-33-7-3-1-4-8-33)48-24-20-44(134-48)54(62-71(103)83(115)92(124)84(116)72(62)104)40-16-12-36(130-40)52(60-67(99)79(111)90(122)80(112)68(60)100)38-14-18-42(132-38)56(64-75(107)87(119)94(126)88(120)76(64)108)46-22-26-50(136-46)58(96-128-28-30-138(96)32-34-9-5-2-6-10-34)49-25-21-45(135-49)55(41-17-13-37(51)131-41)63-73(105)85(117)93(125)86(118)74(63)106/h1-30,43,47,57,59-94,129,132-135H,31-32H2/b51-35+,52-38+,53-39+,54-40+,55-41-,56-42+,58-50+. The molecule has 11 aliphatic rings. The summed E-state index contributed by atoms with van der Waals surface area (Å²) in [6.45, 7) is -0.312. The first kappa shape index (κ1) is 95.4. The number of imidazole rings is 2. The maximum atomic E-state index is 17.4. The van der Waals surface area contributed by atoms with Gasteiger partial charge < -0.3 is 29.1 Å². The Morgan fingerprint density at radius 2 is 0.587 bits per heavy atom. The zero-order valence-corrected chi connectivity index (χ0v) is 70.7. The summed E-state index contributed by atoms with van der Waals surface area (Å²) >= 11 is 0. The van der Waals surface area contributed by atoms with E-state index in [0.29, 0.717) is 11.1 Å². The van der Waals surface area contributed by atoms with Gasteiger partial charge in [-0.25, -0.2) is 157 Å². The third-order valence-corrected chi connectivity index (χ3v) is 28.1. The van der Waals surface area contributed by atoms with Crippen molar-refractivity contribution in [3.05, 3.63) is 267 Å². The van der Waals surface area contributed by atoms with Crippen LogP contribution in [0.5, 0.6) is 0 Å². The number of alkyl halides is 30. The summed E-state index contributed by atoms with van der Waals surface area (Å²) < 4.78 is 501. The third-order valence-electron chi connectivity index (χ3n) is 28.1. The van der Waals surface area contributed by atoms with Gasteiger partial charge in [-0.15, -0.1) is 0 Å². The number of hydrogen-bond acceptors (Lipinski definition) is 6. The number of nitrogens with one attached hydrogen (secondary N) is 5. The fourth-order valence-electron chi connectivity index (χ4n) is 21.2. The fraction of sp³-hybridized carbons (Fsp3) is 0.427. The van der Waals surface area contributed by atoms with Gasteiger partial charge in [-0.2, -0.15) is 0 Å². The summed E-state index contributed by atoms with van der Waals surface area (Å²) in [5.74, 6) is -19.6. The van der Waals surface area contributed by atoms with Gasteiger partial charge in [0.2, 0.25) is 0 Å². The number of hydrogen-bond donors (Lipinski definition) is 5. The molecule has 732 valence electrons. The Kier molecular flexibility index (Phi) is 25.8. The molecule has 0 saturated heterocycles. The van der Waals surface area contributed by atoms with Crippen LogP contribution in [0.2, 0.25) is 0 Å². The van der Waals surface area contributed by atoms with E-state index in [1.807, 2.05) is 0 Å². The van der Waals surface area contributed by atoms with Crippen molar-refractivity contribution in [2.45, 2.75) is 216 Å². The molecule has 5 aliphatic heterocycles. The molecule has 16 bridgehead atoms. The summed E-state index contributed by atoms with van der Waals surface area (Å²) in [4.78, 5) is 33.6. The highest BCUT2D eigenvalue weighted by Crippen LogP contribution is 2.53. The first-order chi connectivity index (χ1) is 66.0. The Labute approximate surface area is 762 Å². The number of halogens is 30. The highest BCUT2D eigenvalue weighted by atomic mass is 19.2. The van der Waals surface area contributed by atoms with Crippen LogP contribution in [-0.2, 0) is 13.1 Å². The summed E-state index contributed by atoms with van der Waals surface area (Å²) in [6.07, 6.45) is -93.8. The van der Waals surface area contributed by atoms with Crippen molar-refractivity contribution in [3.8, 4) is 0 Å². The van der Waals surface area contributed by atoms with E-state index in [9.17, 15) is 0 Å². The van der Waals surface area contributed by atoms with E-state index in [1.165, 1.54) is 40.0 Å². The number of nitrogens with zero attached hydrogens (tertiary/aromatic N) is 7. The molecule has 5 N–H and O–H groups in total. The van der Waals surface area contributed by atoms with E-state index in [2.05, 4.69) is 50.2 Å². The van der Waals surface area contributed by atoms with Crippen LogP contribution >= 0.6 is 0 Å². The molecule has 11 heterocycles. The number of H-pyrrole nitrogens is 4. The van der Waals surface area contributed by atoms with Crippen LogP contribution in [-0.4, -0.2) is 253 Å². The molecule has 0 amide bonds. The van der Waals surface area contributed by atoms with Crippen LogP contribution in [0.1, 0.15) is 51.5 Å². The van der Waals surface area contributed by atoms with E-state index in [4.69, 9.17) is 0 Å². The Bertz CT molecular complexity index is 6430. The zero-order valence-electron chi connectivity index (χ0n) is 70.7. The molecule has 0 radical (unpaired) electrons. The van der Waals surface area contributed by atoms with E-state index >= 15 is 132 Å². The second-order valence-corrected chi connectivity index (χ2v) is 36.0. The van der Waals surface area contributed by atoms with Gasteiger partial charge >= 0.3 is 0 Å².